The van der Waals surface area contributed by atoms with Gasteiger partial charge in [-0.3, -0.25) is 11.3 Å². The Hall–Kier alpha value is -1.06. The summed E-state index contributed by atoms with van der Waals surface area (Å²) in [7, 11) is 0. The number of rotatable bonds is 6. The summed E-state index contributed by atoms with van der Waals surface area (Å²) in [5, 5.41) is 1.39. The first-order valence-electron chi connectivity index (χ1n) is 7.05. The van der Waals surface area contributed by atoms with Crippen LogP contribution in [0.4, 0.5) is 0 Å². The van der Waals surface area contributed by atoms with E-state index in [-0.39, 0.29) is 6.04 Å². The van der Waals surface area contributed by atoms with Crippen LogP contribution in [0.3, 0.4) is 0 Å². The summed E-state index contributed by atoms with van der Waals surface area (Å²) in [6.45, 7) is 2.13. The average Bonchev–Trinajstić information content (AvgIpc) is 2.48. The quantitative estimate of drug-likeness (QED) is 0.614. The van der Waals surface area contributed by atoms with Crippen LogP contribution in [0.2, 0.25) is 10.0 Å². The van der Waals surface area contributed by atoms with Gasteiger partial charge in [0.1, 0.15) is 0 Å². The Bertz CT molecular complexity index is 579. The molecule has 2 nitrogen and oxygen atoms in total. The molecular weight excluding hydrogens is 303 g/mol. The second kappa shape index (κ2) is 7.81. The van der Waals surface area contributed by atoms with Gasteiger partial charge in [0.2, 0.25) is 0 Å². The van der Waals surface area contributed by atoms with Gasteiger partial charge in [0, 0.05) is 16.1 Å². The van der Waals surface area contributed by atoms with E-state index in [0.717, 1.165) is 24.8 Å². The van der Waals surface area contributed by atoms with E-state index in [9.17, 15) is 0 Å². The summed E-state index contributed by atoms with van der Waals surface area (Å²) in [6, 6.07) is 14.1. The molecule has 0 saturated heterocycles. The number of halogens is 2. The van der Waals surface area contributed by atoms with Crippen molar-refractivity contribution in [2.45, 2.75) is 32.2 Å². The molecule has 0 heterocycles. The van der Waals surface area contributed by atoms with Crippen molar-refractivity contribution in [2.24, 2.45) is 5.84 Å². The minimum absolute atomic E-state index is 0.141. The van der Waals surface area contributed by atoms with Gasteiger partial charge in [0.05, 0.1) is 0 Å². The summed E-state index contributed by atoms with van der Waals surface area (Å²) in [5.41, 5.74) is 6.49. The number of hydrogen-bond acceptors (Lipinski definition) is 2. The molecule has 1 unspecified atom stereocenters. The van der Waals surface area contributed by atoms with Crippen LogP contribution in [0.1, 0.15) is 23.1 Å². The van der Waals surface area contributed by atoms with Crippen LogP contribution in [-0.2, 0) is 12.8 Å². The second-order valence-electron chi connectivity index (χ2n) is 5.23. The van der Waals surface area contributed by atoms with Gasteiger partial charge < -0.3 is 0 Å². The second-order valence-corrected chi connectivity index (χ2v) is 6.05. The van der Waals surface area contributed by atoms with Crippen molar-refractivity contribution in [1.82, 2.24) is 5.43 Å². The highest BCUT2D eigenvalue weighted by Crippen LogP contribution is 2.26. The molecule has 2 rings (SSSR count). The molecule has 0 amide bonds. The third kappa shape index (κ3) is 4.45. The van der Waals surface area contributed by atoms with Gasteiger partial charge in [-0.1, -0.05) is 53.5 Å². The summed E-state index contributed by atoms with van der Waals surface area (Å²) < 4.78 is 0. The van der Waals surface area contributed by atoms with E-state index >= 15 is 0 Å². The summed E-state index contributed by atoms with van der Waals surface area (Å²) in [4.78, 5) is 0. The molecule has 0 saturated carbocycles. The number of hydrogen-bond donors (Lipinski definition) is 2. The fourth-order valence-electron chi connectivity index (χ4n) is 2.44. The van der Waals surface area contributed by atoms with E-state index in [1.165, 1.54) is 11.1 Å². The van der Waals surface area contributed by atoms with Crippen LogP contribution in [0.15, 0.2) is 42.5 Å². The number of nitrogens with two attached hydrogens (primary N) is 1. The first-order chi connectivity index (χ1) is 10.1. The topological polar surface area (TPSA) is 38.0 Å². The van der Waals surface area contributed by atoms with Crippen LogP contribution < -0.4 is 11.3 Å². The van der Waals surface area contributed by atoms with E-state index in [4.69, 9.17) is 29.0 Å². The number of benzene rings is 2. The maximum atomic E-state index is 6.22. The largest absolute Gasteiger partial charge is 0.271 e. The van der Waals surface area contributed by atoms with Gasteiger partial charge in [0.15, 0.2) is 0 Å². The SMILES string of the molecule is Cc1ccccc1CCC(Cc1c(Cl)cccc1Cl)NN. The minimum Gasteiger partial charge on any atom is -0.271 e. The molecule has 21 heavy (non-hydrogen) atoms. The van der Waals surface area contributed by atoms with E-state index in [1.54, 1.807) is 0 Å². The van der Waals surface area contributed by atoms with Crippen molar-refractivity contribution >= 4 is 23.2 Å². The van der Waals surface area contributed by atoms with Gasteiger partial charge in [-0.05, 0) is 55.0 Å². The maximum absolute atomic E-state index is 6.22. The lowest BCUT2D eigenvalue weighted by atomic mass is 9.97. The third-order valence-corrected chi connectivity index (χ3v) is 4.48. The minimum atomic E-state index is 0.141. The molecule has 4 heteroatoms. The molecule has 0 radical (unpaired) electrons. The van der Waals surface area contributed by atoms with Gasteiger partial charge in [-0.2, -0.15) is 0 Å². The summed E-state index contributed by atoms with van der Waals surface area (Å²) in [6.07, 6.45) is 2.63. The predicted octanol–water partition coefficient (Wildman–Crippen LogP) is 4.31. The number of aryl methyl sites for hydroxylation is 2. The van der Waals surface area contributed by atoms with Crippen molar-refractivity contribution < 1.29 is 0 Å². The lowest BCUT2D eigenvalue weighted by Gasteiger charge is -2.18. The molecule has 0 aliphatic carbocycles. The Labute approximate surface area is 136 Å². The highest BCUT2D eigenvalue weighted by atomic mass is 35.5. The lowest BCUT2D eigenvalue weighted by Crippen LogP contribution is -2.37. The van der Waals surface area contributed by atoms with Crippen LogP contribution in [0, 0.1) is 6.92 Å². The molecule has 112 valence electrons. The normalized spacial score (nSPS) is 12.4. The Kier molecular flexibility index (Phi) is 6.07. The fourth-order valence-corrected chi connectivity index (χ4v) is 2.99. The molecule has 0 bridgehead atoms. The number of hydrazine groups is 1. The lowest BCUT2D eigenvalue weighted by molar-refractivity contribution is 0.491. The predicted molar refractivity (Wildman–Crippen MR) is 90.8 cm³/mol. The first kappa shape index (κ1) is 16.3. The van der Waals surface area contributed by atoms with Gasteiger partial charge in [-0.25, -0.2) is 0 Å². The highest BCUT2D eigenvalue weighted by molar-refractivity contribution is 6.36. The van der Waals surface area contributed by atoms with E-state index < -0.39 is 0 Å². The monoisotopic (exact) mass is 322 g/mol. The van der Waals surface area contributed by atoms with Crippen molar-refractivity contribution in [2.75, 3.05) is 0 Å². The maximum Gasteiger partial charge on any atom is 0.0453 e. The molecule has 0 aliphatic heterocycles. The standard InChI is InChI=1S/C17H20Cl2N2/c1-12-5-2-3-6-13(12)9-10-14(21-20)11-15-16(18)7-4-8-17(15)19/h2-8,14,21H,9-11,20H2,1H3. The Morgan fingerprint density at radius 1 is 1.05 bits per heavy atom. The van der Waals surface area contributed by atoms with Crippen LogP contribution in [0.25, 0.3) is 0 Å². The van der Waals surface area contributed by atoms with Crippen molar-refractivity contribution in [1.29, 1.82) is 0 Å². The molecule has 0 spiro atoms. The fraction of sp³-hybridized carbons (Fsp3) is 0.294. The van der Waals surface area contributed by atoms with Crippen LogP contribution in [0.5, 0.6) is 0 Å². The van der Waals surface area contributed by atoms with Crippen LogP contribution >= 0.6 is 23.2 Å². The Morgan fingerprint density at radius 3 is 2.33 bits per heavy atom. The van der Waals surface area contributed by atoms with Gasteiger partial charge >= 0.3 is 0 Å². The third-order valence-electron chi connectivity index (χ3n) is 3.77. The smallest absolute Gasteiger partial charge is 0.0453 e. The Balaban J connectivity index is 2.02. The van der Waals surface area contributed by atoms with Crippen molar-refractivity contribution in [3.05, 3.63) is 69.2 Å². The van der Waals surface area contributed by atoms with E-state index in [0.29, 0.717) is 10.0 Å². The van der Waals surface area contributed by atoms with Gasteiger partial charge in [0.25, 0.3) is 0 Å². The number of nitrogens with one attached hydrogen (secondary N) is 1. The summed E-state index contributed by atoms with van der Waals surface area (Å²) in [5.74, 6) is 5.69. The zero-order chi connectivity index (χ0) is 15.2. The first-order valence-corrected chi connectivity index (χ1v) is 7.81. The average molecular weight is 323 g/mol. The Morgan fingerprint density at radius 2 is 1.71 bits per heavy atom. The molecule has 1 atom stereocenters. The van der Waals surface area contributed by atoms with E-state index in [2.05, 4.69) is 36.6 Å². The molecule has 0 aliphatic rings. The van der Waals surface area contributed by atoms with Crippen molar-refractivity contribution in [3.63, 3.8) is 0 Å². The van der Waals surface area contributed by atoms with Crippen LogP contribution in [-0.4, -0.2) is 6.04 Å². The summed E-state index contributed by atoms with van der Waals surface area (Å²) >= 11 is 12.4. The molecule has 0 aromatic heterocycles. The van der Waals surface area contributed by atoms with Crippen molar-refractivity contribution in [3.8, 4) is 0 Å². The molecule has 3 N–H and O–H groups in total. The van der Waals surface area contributed by atoms with Gasteiger partial charge in [-0.15, -0.1) is 0 Å². The highest BCUT2D eigenvalue weighted by Gasteiger charge is 2.13. The zero-order valence-electron chi connectivity index (χ0n) is 12.1. The molecule has 2 aromatic carbocycles. The molecule has 0 fully saturated rings. The molecule has 2 aromatic rings. The van der Waals surface area contributed by atoms with E-state index in [1.807, 2.05) is 18.2 Å². The zero-order valence-corrected chi connectivity index (χ0v) is 13.6. The molecular formula is C17H20Cl2N2.